The van der Waals surface area contributed by atoms with Gasteiger partial charge in [0.05, 0.1) is 12.4 Å². The molecule has 0 bridgehead atoms. The summed E-state index contributed by atoms with van der Waals surface area (Å²) in [5.41, 5.74) is 0.415. The van der Waals surface area contributed by atoms with Crippen LogP contribution in [0.3, 0.4) is 0 Å². The van der Waals surface area contributed by atoms with Crippen molar-refractivity contribution in [1.29, 1.82) is 0 Å². The molecule has 1 amide bonds. The van der Waals surface area contributed by atoms with Gasteiger partial charge in [-0.1, -0.05) is 0 Å². The Labute approximate surface area is 113 Å². The van der Waals surface area contributed by atoms with Crippen LogP contribution in [0.2, 0.25) is 0 Å². The summed E-state index contributed by atoms with van der Waals surface area (Å²) in [6, 6.07) is 0.381. The Kier molecular flexibility index (Phi) is 4.31. The Morgan fingerprint density at radius 3 is 2.79 bits per heavy atom. The first-order valence-corrected chi connectivity index (χ1v) is 6.67. The smallest absolute Gasteiger partial charge is 0.274 e. The van der Waals surface area contributed by atoms with E-state index in [0.29, 0.717) is 17.6 Å². The molecule has 0 radical (unpaired) electrons. The lowest BCUT2D eigenvalue weighted by Crippen LogP contribution is -2.52. The molecule has 0 spiro atoms. The number of rotatable bonds is 3. The van der Waals surface area contributed by atoms with Crippen LogP contribution < -0.4 is 5.32 Å². The number of hydrogen-bond donors (Lipinski definition) is 1. The number of aromatic nitrogens is 2. The van der Waals surface area contributed by atoms with Crippen molar-refractivity contribution in [2.75, 3.05) is 38.5 Å². The number of carbonyl (C=O) groups excluding carboxylic acids is 1. The molecule has 0 saturated carbocycles. The topological polar surface area (TPSA) is 61.4 Å². The second-order valence-corrected chi connectivity index (χ2v) is 4.90. The fourth-order valence-electron chi connectivity index (χ4n) is 2.11. The molecule has 1 unspecified atom stereocenters. The van der Waals surface area contributed by atoms with Gasteiger partial charge in [-0.2, -0.15) is 0 Å². The highest BCUT2D eigenvalue weighted by molar-refractivity contribution is 5.92. The molecule has 1 N–H and O–H groups in total. The van der Waals surface area contributed by atoms with Gasteiger partial charge in [0, 0.05) is 32.2 Å². The summed E-state index contributed by atoms with van der Waals surface area (Å²) in [6.45, 7) is 7.29. The van der Waals surface area contributed by atoms with Crippen LogP contribution in [0.5, 0.6) is 0 Å². The van der Waals surface area contributed by atoms with Gasteiger partial charge in [-0.3, -0.25) is 4.79 Å². The summed E-state index contributed by atoms with van der Waals surface area (Å²) in [6.07, 6.45) is 3.15. The summed E-state index contributed by atoms with van der Waals surface area (Å²) in [5, 5.41) is 3.06. The zero-order valence-electron chi connectivity index (χ0n) is 11.8. The van der Waals surface area contributed by atoms with Gasteiger partial charge in [0.15, 0.2) is 0 Å². The first-order chi connectivity index (χ1) is 9.11. The van der Waals surface area contributed by atoms with Gasteiger partial charge in [-0.05, 0) is 20.9 Å². The van der Waals surface area contributed by atoms with Crippen LogP contribution >= 0.6 is 0 Å². The molecule has 1 aliphatic rings. The van der Waals surface area contributed by atoms with Gasteiger partial charge in [0.1, 0.15) is 11.5 Å². The summed E-state index contributed by atoms with van der Waals surface area (Å²) in [5.74, 6) is 0.668. The molecule has 6 nitrogen and oxygen atoms in total. The van der Waals surface area contributed by atoms with Crippen molar-refractivity contribution >= 4 is 11.7 Å². The summed E-state index contributed by atoms with van der Waals surface area (Å²) >= 11 is 0. The van der Waals surface area contributed by atoms with Gasteiger partial charge in [-0.25, -0.2) is 9.97 Å². The SMILES string of the molecule is CCNc1cnc(C(=O)N2CCN(C)C(C)C2)cn1. The predicted molar refractivity (Wildman–Crippen MR) is 74.2 cm³/mol. The molecule has 2 rings (SSSR count). The fraction of sp³-hybridized carbons (Fsp3) is 0.615. The first-order valence-electron chi connectivity index (χ1n) is 6.67. The van der Waals surface area contributed by atoms with Crippen molar-refractivity contribution in [3.8, 4) is 0 Å². The highest BCUT2D eigenvalue weighted by Gasteiger charge is 2.25. The van der Waals surface area contributed by atoms with Crippen molar-refractivity contribution in [3.63, 3.8) is 0 Å². The number of amides is 1. The maximum Gasteiger partial charge on any atom is 0.274 e. The van der Waals surface area contributed by atoms with E-state index in [1.165, 1.54) is 0 Å². The van der Waals surface area contributed by atoms with E-state index in [-0.39, 0.29) is 5.91 Å². The molecule has 0 aromatic carbocycles. The second-order valence-electron chi connectivity index (χ2n) is 4.90. The zero-order chi connectivity index (χ0) is 13.8. The molecule has 1 atom stereocenters. The minimum absolute atomic E-state index is 0.0319. The number of likely N-dealkylation sites (N-methyl/N-ethyl adjacent to an activating group) is 1. The Morgan fingerprint density at radius 2 is 2.21 bits per heavy atom. The lowest BCUT2D eigenvalue weighted by molar-refractivity contribution is 0.0566. The average Bonchev–Trinajstić information content (AvgIpc) is 2.42. The average molecular weight is 263 g/mol. The van der Waals surface area contributed by atoms with Crippen molar-refractivity contribution in [2.24, 2.45) is 0 Å². The van der Waals surface area contributed by atoms with Gasteiger partial charge in [-0.15, -0.1) is 0 Å². The van der Waals surface area contributed by atoms with Crippen LogP contribution in [0.1, 0.15) is 24.3 Å². The summed E-state index contributed by atoms with van der Waals surface area (Å²) < 4.78 is 0. The van der Waals surface area contributed by atoms with Crippen LogP contribution in [0.4, 0.5) is 5.82 Å². The molecule has 1 aromatic rings. The van der Waals surface area contributed by atoms with E-state index < -0.39 is 0 Å². The van der Waals surface area contributed by atoms with Crippen LogP contribution in [0.25, 0.3) is 0 Å². The van der Waals surface area contributed by atoms with Crippen molar-refractivity contribution in [2.45, 2.75) is 19.9 Å². The van der Waals surface area contributed by atoms with Crippen molar-refractivity contribution in [1.82, 2.24) is 19.8 Å². The number of nitrogens with one attached hydrogen (secondary N) is 1. The van der Waals surface area contributed by atoms with E-state index in [1.54, 1.807) is 12.4 Å². The highest BCUT2D eigenvalue weighted by atomic mass is 16.2. The third kappa shape index (κ3) is 3.20. The Balaban J connectivity index is 2.03. The zero-order valence-corrected chi connectivity index (χ0v) is 11.8. The van der Waals surface area contributed by atoms with Gasteiger partial charge < -0.3 is 15.1 Å². The maximum absolute atomic E-state index is 12.3. The fourth-order valence-corrected chi connectivity index (χ4v) is 2.11. The largest absolute Gasteiger partial charge is 0.369 e. The molecular formula is C13H21N5O. The normalized spacial score (nSPS) is 20.4. The highest BCUT2D eigenvalue weighted by Crippen LogP contribution is 2.10. The van der Waals surface area contributed by atoms with E-state index in [1.807, 2.05) is 11.8 Å². The maximum atomic E-state index is 12.3. The third-order valence-electron chi connectivity index (χ3n) is 3.48. The predicted octanol–water partition coefficient (Wildman–Crippen LogP) is 0.684. The van der Waals surface area contributed by atoms with Crippen LogP contribution in [-0.4, -0.2) is 64.9 Å². The van der Waals surface area contributed by atoms with Gasteiger partial charge in [0.25, 0.3) is 5.91 Å². The third-order valence-corrected chi connectivity index (χ3v) is 3.48. The number of anilines is 1. The monoisotopic (exact) mass is 263 g/mol. The molecule has 1 aliphatic heterocycles. The van der Waals surface area contributed by atoms with Crippen molar-refractivity contribution in [3.05, 3.63) is 18.1 Å². The van der Waals surface area contributed by atoms with E-state index >= 15 is 0 Å². The Hall–Kier alpha value is -1.69. The second kappa shape index (κ2) is 5.97. The van der Waals surface area contributed by atoms with Gasteiger partial charge >= 0.3 is 0 Å². The molecule has 6 heteroatoms. The Morgan fingerprint density at radius 1 is 1.42 bits per heavy atom. The molecule has 104 valence electrons. The molecule has 1 saturated heterocycles. The van der Waals surface area contributed by atoms with Crippen LogP contribution in [0, 0.1) is 0 Å². The Bertz CT molecular complexity index is 433. The van der Waals surface area contributed by atoms with Gasteiger partial charge in [0.2, 0.25) is 0 Å². The number of nitrogens with zero attached hydrogens (tertiary/aromatic N) is 4. The van der Waals surface area contributed by atoms with Crippen LogP contribution in [0.15, 0.2) is 12.4 Å². The first kappa shape index (κ1) is 13.7. The number of carbonyl (C=O) groups is 1. The summed E-state index contributed by atoms with van der Waals surface area (Å²) in [7, 11) is 2.08. The molecule has 0 aliphatic carbocycles. The molecular weight excluding hydrogens is 242 g/mol. The van der Waals surface area contributed by atoms with Crippen molar-refractivity contribution < 1.29 is 4.79 Å². The van der Waals surface area contributed by atoms with E-state index in [9.17, 15) is 4.79 Å². The van der Waals surface area contributed by atoms with E-state index in [4.69, 9.17) is 0 Å². The lowest BCUT2D eigenvalue weighted by Gasteiger charge is -2.37. The molecule has 1 fully saturated rings. The molecule has 1 aromatic heterocycles. The number of piperazine rings is 1. The van der Waals surface area contributed by atoms with Crippen LogP contribution in [-0.2, 0) is 0 Å². The van der Waals surface area contributed by atoms with E-state index in [2.05, 4.69) is 34.2 Å². The lowest BCUT2D eigenvalue weighted by atomic mass is 10.2. The number of hydrogen-bond acceptors (Lipinski definition) is 5. The standard InChI is InChI=1S/C13H21N5O/c1-4-14-12-8-15-11(7-16-12)13(19)18-6-5-17(3)10(2)9-18/h7-8,10H,4-6,9H2,1-3H3,(H,14,16). The minimum atomic E-state index is -0.0319. The van der Waals surface area contributed by atoms with E-state index in [0.717, 1.165) is 26.2 Å². The minimum Gasteiger partial charge on any atom is -0.369 e. The molecule has 19 heavy (non-hydrogen) atoms. The molecule has 2 heterocycles. The summed E-state index contributed by atoms with van der Waals surface area (Å²) in [4.78, 5) is 24.8. The quantitative estimate of drug-likeness (QED) is 0.869.